The lowest BCUT2D eigenvalue weighted by molar-refractivity contribution is -0.383. The molecule has 1 amide bonds. The number of thioether (sulfide) groups is 1. The van der Waals surface area contributed by atoms with E-state index in [2.05, 4.69) is 0 Å². The van der Waals surface area contributed by atoms with Crippen molar-refractivity contribution in [3.63, 3.8) is 0 Å². The number of amides is 1. The molecular weight excluding hydrogens is 278 g/mol. The molecule has 1 unspecified atom stereocenters. The number of nitrogen functional groups attached to an aromatic ring is 1. The smallest absolute Gasteiger partial charge is 0.292 e. The highest BCUT2D eigenvalue weighted by Gasteiger charge is 2.20. The Morgan fingerprint density at radius 1 is 1.55 bits per heavy atom. The van der Waals surface area contributed by atoms with Gasteiger partial charge in [0.15, 0.2) is 0 Å². The molecule has 1 aromatic rings. The maximum atomic E-state index is 12.3. The van der Waals surface area contributed by atoms with Gasteiger partial charge in [-0.15, -0.1) is 0 Å². The second-order valence-corrected chi connectivity index (χ2v) is 5.56. The molecule has 1 atom stereocenters. The van der Waals surface area contributed by atoms with Crippen molar-refractivity contribution in [2.24, 2.45) is 0 Å². The summed E-state index contributed by atoms with van der Waals surface area (Å²) in [5, 5.41) is 10.7. The first-order chi connectivity index (χ1) is 9.38. The zero-order valence-electron chi connectivity index (χ0n) is 11.8. The number of carbonyl (C=O) groups excluding carboxylic acids is 1. The Balaban J connectivity index is 2.87. The highest BCUT2D eigenvalue weighted by molar-refractivity contribution is 7.98. The van der Waals surface area contributed by atoms with Crippen LogP contribution < -0.4 is 5.73 Å². The summed E-state index contributed by atoms with van der Waals surface area (Å²) in [6, 6.07) is 4.17. The van der Waals surface area contributed by atoms with E-state index in [1.165, 1.54) is 18.2 Å². The summed E-state index contributed by atoms with van der Waals surface area (Å²) in [6.07, 6.45) is 2.91. The fraction of sp³-hybridized carbons (Fsp3) is 0.462. The first kappa shape index (κ1) is 16.3. The average molecular weight is 297 g/mol. The molecule has 0 spiro atoms. The van der Waals surface area contributed by atoms with Crippen molar-refractivity contribution in [1.82, 2.24) is 4.90 Å². The molecule has 1 rings (SSSR count). The number of nitro groups is 1. The van der Waals surface area contributed by atoms with E-state index in [0.717, 1.165) is 12.2 Å². The number of carbonyl (C=O) groups is 1. The van der Waals surface area contributed by atoms with Gasteiger partial charge >= 0.3 is 0 Å². The van der Waals surface area contributed by atoms with Crippen molar-refractivity contribution in [1.29, 1.82) is 0 Å². The van der Waals surface area contributed by atoms with Crippen molar-refractivity contribution >= 4 is 29.0 Å². The number of nitro benzene ring substituents is 1. The van der Waals surface area contributed by atoms with Crippen LogP contribution in [0.3, 0.4) is 0 Å². The van der Waals surface area contributed by atoms with Crippen LogP contribution in [-0.2, 0) is 0 Å². The van der Waals surface area contributed by atoms with Gasteiger partial charge in [-0.25, -0.2) is 0 Å². The molecule has 0 bridgehead atoms. The largest absolute Gasteiger partial charge is 0.393 e. The third-order valence-electron chi connectivity index (χ3n) is 3.19. The number of benzene rings is 1. The van der Waals surface area contributed by atoms with E-state index < -0.39 is 4.92 Å². The Bertz CT molecular complexity index is 508. The minimum atomic E-state index is -0.561. The van der Waals surface area contributed by atoms with Gasteiger partial charge in [-0.2, -0.15) is 11.8 Å². The molecular formula is C13H19N3O3S. The van der Waals surface area contributed by atoms with Crippen LogP contribution in [0.25, 0.3) is 0 Å². The van der Waals surface area contributed by atoms with Gasteiger partial charge in [0, 0.05) is 24.7 Å². The van der Waals surface area contributed by atoms with E-state index in [1.54, 1.807) is 23.7 Å². The number of anilines is 1. The van der Waals surface area contributed by atoms with E-state index in [0.29, 0.717) is 5.56 Å². The van der Waals surface area contributed by atoms with Crippen LogP contribution >= 0.6 is 11.8 Å². The predicted octanol–water partition coefficient (Wildman–Crippen LogP) is 2.39. The van der Waals surface area contributed by atoms with Crippen molar-refractivity contribution in [3.05, 3.63) is 33.9 Å². The van der Waals surface area contributed by atoms with Crippen molar-refractivity contribution in [3.8, 4) is 0 Å². The minimum Gasteiger partial charge on any atom is -0.393 e. The van der Waals surface area contributed by atoms with Crippen LogP contribution in [0, 0.1) is 10.1 Å². The Labute approximate surface area is 122 Å². The number of hydrogen-bond donors (Lipinski definition) is 1. The van der Waals surface area contributed by atoms with Gasteiger partial charge < -0.3 is 10.6 Å². The van der Waals surface area contributed by atoms with E-state index in [4.69, 9.17) is 5.73 Å². The Morgan fingerprint density at radius 2 is 2.20 bits per heavy atom. The summed E-state index contributed by atoms with van der Waals surface area (Å²) in [5.41, 5.74) is 5.79. The zero-order valence-corrected chi connectivity index (χ0v) is 12.6. The van der Waals surface area contributed by atoms with Crippen LogP contribution in [0.1, 0.15) is 23.7 Å². The van der Waals surface area contributed by atoms with Crippen molar-refractivity contribution in [2.75, 3.05) is 24.8 Å². The van der Waals surface area contributed by atoms with E-state index >= 15 is 0 Å². The van der Waals surface area contributed by atoms with Gasteiger partial charge in [-0.1, -0.05) is 0 Å². The zero-order chi connectivity index (χ0) is 15.3. The molecule has 110 valence electrons. The predicted molar refractivity (Wildman–Crippen MR) is 82.1 cm³/mol. The number of nitrogens with two attached hydrogens (primary N) is 1. The van der Waals surface area contributed by atoms with Crippen molar-refractivity contribution in [2.45, 2.75) is 19.4 Å². The molecule has 7 heteroatoms. The quantitative estimate of drug-likeness (QED) is 0.494. The highest BCUT2D eigenvalue weighted by Crippen LogP contribution is 2.23. The highest BCUT2D eigenvalue weighted by atomic mass is 32.2. The molecule has 0 saturated heterocycles. The lowest BCUT2D eigenvalue weighted by Crippen LogP contribution is -2.35. The molecule has 0 heterocycles. The van der Waals surface area contributed by atoms with Crippen LogP contribution in [-0.4, -0.2) is 40.8 Å². The van der Waals surface area contributed by atoms with Crippen LogP contribution in [0.2, 0.25) is 0 Å². The molecule has 20 heavy (non-hydrogen) atoms. The summed E-state index contributed by atoms with van der Waals surface area (Å²) >= 11 is 1.73. The molecule has 0 fully saturated rings. The van der Waals surface area contributed by atoms with Crippen LogP contribution in [0.4, 0.5) is 11.4 Å². The van der Waals surface area contributed by atoms with Crippen LogP contribution in [0.5, 0.6) is 0 Å². The Morgan fingerprint density at radius 3 is 2.70 bits per heavy atom. The summed E-state index contributed by atoms with van der Waals surface area (Å²) < 4.78 is 0. The fourth-order valence-corrected chi connectivity index (χ4v) is 2.32. The second kappa shape index (κ2) is 7.14. The van der Waals surface area contributed by atoms with E-state index in [9.17, 15) is 14.9 Å². The summed E-state index contributed by atoms with van der Waals surface area (Å²) in [7, 11) is 1.73. The average Bonchev–Trinajstić information content (AvgIpc) is 2.42. The monoisotopic (exact) mass is 297 g/mol. The normalized spacial score (nSPS) is 11.9. The first-order valence-electron chi connectivity index (χ1n) is 6.18. The lowest BCUT2D eigenvalue weighted by atomic mass is 10.1. The molecule has 6 nitrogen and oxygen atoms in total. The van der Waals surface area contributed by atoms with E-state index in [1.807, 2.05) is 13.2 Å². The minimum absolute atomic E-state index is 0.00557. The molecule has 2 N–H and O–H groups in total. The second-order valence-electron chi connectivity index (χ2n) is 4.58. The van der Waals surface area contributed by atoms with Crippen molar-refractivity contribution < 1.29 is 9.72 Å². The van der Waals surface area contributed by atoms with Gasteiger partial charge in [-0.05, 0) is 37.5 Å². The van der Waals surface area contributed by atoms with Gasteiger partial charge in [-0.3, -0.25) is 14.9 Å². The summed E-state index contributed by atoms with van der Waals surface area (Å²) in [4.78, 5) is 24.0. The van der Waals surface area contributed by atoms with Gasteiger partial charge in [0.25, 0.3) is 11.6 Å². The molecule has 0 radical (unpaired) electrons. The maximum absolute atomic E-state index is 12.3. The Kier molecular flexibility index (Phi) is 5.82. The molecule has 0 aliphatic rings. The number of nitrogens with zero attached hydrogens (tertiary/aromatic N) is 2. The standard InChI is InChI=1S/C13H19N3O3S/c1-9(6-7-20-3)15(2)13(17)10-4-5-12(16(18)19)11(14)8-10/h4-5,8-9H,6-7,14H2,1-3H3. The SMILES string of the molecule is CSCCC(C)N(C)C(=O)c1ccc([N+](=O)[O-])c(N)c1. The molecule has 0 aliphatic heterocycles. The summed E-state index contributed by atoms with van der Waals surface area (Å²) in [6.45, 7) is 1.98. The van der Waals surface area contributed by atoms with E-state index in [-0.39, 0.29) is 23.3 Å². The lowest BCUT2D eigenvalue weighted by Gasteiger charge is -2.25. The first-order valence-corrected chi connectivity index (χ1v) is 7.57. The third kappa shape index (κ3) is 3.86. The number of rotatable bonds is 6. The Hall–Kier alpha value is -1.76. The summed E-state index contributed by atoms with van der Waals surface area (Å²) in [5.74, 6) is 0.793. The molecule has 1 aromatic carbocycles. The molecule has 0 aromatic heterocycles. The topological polar surface area (TPSA) is 89.5 Å². The van der Waals surface area contributed by atoms with Crippen LogP contribution in [0.15, 0.2) is 18.2 Å². The maximum Gasteiger partial charge on any atom is 0.292 e. The number of hydrogen-bond acceptors (Lipinski definition) is 5. The third-order valence-corrected chi connectivity index (χ3v) is 3.84. The molecule has 0 aliphatic carbocycles. The molecule has 0 saturated carbocycles. The van der Waals surface area contributed by atoms with Gasteiger partial charge in [0.05, 0.1) is 4.92 Å². The van der Waals surface area contributed by atoms with Gasteiger partial charge in [0.1, 0.15) is 5.69 Å². The van der Waals surface area contributed by atoms with Gasteiger partial charge in [0.2, 0.25) is 0 Å². The fourth-order valence-electron chi connectivity index (χ4n) is 1.74.